The summed E-state index contributed by atoms with van der Waals surface area (Å²) in [5, 5.41) is 12.5. The van der Waals surface area contributed by atoms with E-state index in [1.54, 1.807) is 17.4 Å². The minimum Gasteiger partial charge on any atom is -0.461 e. The third-order valence-electron chi connectivity index (χ3n) is 4.44. The van der Waals surface area contributed by atoms with Crippen LogP contribution in [0.1, 0.15) is 32.7 Å². The predicted molar refractivity (Wildman–Crippen MR) is 96.0 cm³/mol. The molecule has 0 saturated heterocycles. The van der Waals surface area contributed by atoms with E-state index >= 15 is 0 Å². The highest BCUT2D eigenvalue weighted by molar-refractivity contribution is 6.10. The Labute approximate surface area is 166 Å². The first-order chi connectivity index (χ1) is 14.3. The summed E-state index contributed by atoms with van der Waals surface area (Å²) in [6, 6.07) is 8.39. The number of Topliss-reactive ketones (excluding diaryl/α,β-unsaturated/α-hetero) is 1. The van der Waals surface area contributed by atoms with E-state index in [1.165, 1.54) is 30.6 Å². The molecular weight excluding hydrogens is 403 g/mol. The molecule has 0 fully saturated rings. The molecule has 0 aromatic carbocycles. The van der Waals surface area contributed by atoms with Gasteiger partial charge in [0.05, 0.1) is 28.8 Å². The average Bonchev–Trinajstić information content (AvgIpc) is 3.24. The fourth-order valence-electron chi connectivity index (χ4n) is 3.07. The zero-order chi connectivity index (χ0) is 21.5. The molecule has 1 aliphatic rings. The van der Waals surface area contributed by atoms with E-state index in [0.717, 1.165) is 12.3 Å². The molecule has 3 aromatic heterocycles. The summed E-state index contributed by atoms with van der Waals surface area (Å²) in [6.07, 6.45) is -3.17. The molecule has 1 aliphatic heterocycles. The van der Waals surface area contributed by atoms with Crippen LogP contribution in [0.15, 0.2) is 70.7 Å². The summed E-state index contributed by atoms with van der Waals surface area (Å²) in [7, 11) is 0. The quantitative estimate of drug-likeness (QED) is 0.637. The molecule has 30 heavy (non-hydrogen) atoms. The van der Waals surface area contributed by atoms with Gasteiger partial charge < -0.3 is 14.8 Å². The lowest BCUT2D eigenvalue weighted by atomic mass is 9.96. The molecule has 7 nitrogen and oxygen atoms in total. The Bertz CT molecular complexity index is 1160. The Hall–Kier alpha value is -3.79. The molecule has 0 aliphatic carbocycles. The normalized spacial score (nSPS) is 16.7. The van der Waals surface area contributed by atoms with E-state index < -0.39 is 41.0 Å². The number of aliphatic hydroxyl groups excluding tert-OH is 1. The summed E-state index contributed by atoms with van der Waals surface area (Å²) in [5.41, 5.74) is -2.66. The van der Waals surface area contributed by atoms with Crippen molar-refractivity contribution in [3.8, 4) is 11.3 Å². The maximum atomic E-state index is 13.7. The van der Waals surface area contributed by atoms with Gasteiger partial charge in [-0.05, 0) is 36.4 Å². The summed E-state index contributed by atoms with van der Waals surface area (Å²) in [5.74, 6) is -2.79. The first-order valence-electron chi connectivity index (χ1n) is 8.57. The van der Waals surface area contributed by atoms with Crippen molar-refractivity contribution >= 4 is 11.7 Å². The van der Waals surface area contributed by atoms with Crippen LogP contribution in [0.3, 0.4) is 0 Å². The van der Waals surface area contributed by atoms with Crippen LogP contribution in [-0.4, -0.2) is 32.9 Å². The molecule has 0 bridgehead atoms. The highest BCUT2D eigenvalue weighted by atomic mass is 19.4. The number of alkyl halides is 3. The minimum absolute atomic E-state index is 0.258. The molecule has 1 unspecified atom stereocenters. The van der Waals surface area contributed by atoms with Crippen molar-refractivity contribution in [3.05, 3.63) is 83.3 Å². The fourth-order valence-corrected chi connectivity index (χ4v) is 3.07. The molecule has 0 radical (unpaired) electrons. The molecular formula is C20H12F3N3O4. The number of allylic oxidation sites excluding steroid dienone is 1. The zero-order valence-electron chi connectivity index (χ0n) is 15.0. The molecule has 2 N–H and O–H groups in total. The van der Waals surface area contributed by atoms with Crippen LogP contribution in [0.5, 0.6) is 0 Å². The number of carbonyl (C=O) groups excluding carboxylic acids is 2. The number of aromatic nitrogens is 2. The SMILES string of the molecule is O=C(C1=C(C(F)(F)F)NC(=O)c2ccc(-c3cccnc3)nc2C1O)c1ccco1. The molecule has 4 rings (SSSR count). The number of fused-ring (bicyclic) bond motifs is 1. The summed E-state index contributed by atoms with van der Waals surface area (Å²) in [4.78, 5) is 33.3. The molecule has 3 aromatic rings. The number of halogens is 3. The highest BCUT2D eigenvalue weighted by Gasteiger charge is 2.45. The molecule has 4 heterocycles. The lowest BCUT2D eigenvalue weighted by Crippen LogP contribution is -2.33. The Morgan fingerprint density at radius 3 is 2.60 bits per heavy atom. The van der Waals surface area contributed by atoms with Crippen LogP contribution in [0, 0.1) is 0 Å². The van der Waals surface area contributed by atoms with Gasteiger partial charge in [0.25, 0.3) is 5.91 Å². The third kappa shape index (κ3) is 3.37. The van der Waals surface area contributed by atoms with Crippen LogP contribution in [-0.2, 0) is 0 Å². The van der Waals surface area contributed by atoms with Gasteiger partial charge in [0.15, 0.2) is 5.76 Å². The number of rotatable bonds is 3. The zero-order valence-corrected chi connectivity index (χ0v) is 15.0. The molecule has 10 heteroatoms. The summed E-state index contributed by atoms with van der Waals surface area (Å²) in [6.45, 7) is 0. The minimum atomic E-state index is -5.12. The van der Waals surface area contributed by atoms with Gasteiger partial charge in [-0.1, -0.05) is 0 Å². The van der Waals surface area contributed by atoms with Gasteiger partial charge in [0, 0.05) is 18.0 Å². The largest absolute Gasteiger partial charge is 0.461 e. The van der Waals surface area contributed by atoms with Crippen molar-refractivity contribution in [3.63, 3.8) is 0 Å². The molecule has 1 atom stereocenters. The van der Waals surface area contributed by atoms with E-state index in [2.05, 4.69) is 9.97 Å². The van der Waals surface area contributed by atoms with Crippen LogP contribution in [0.2, 0.25) is 0 Å². The Kier molecular flexibility index (Phi) is 4.70. The van der Waals surface area contributed by atoms with Crippen molar-refractivity contribution in [2.45, 2.75) is 12.3 Å². The lowest BCUT2D eigenvalue weighted by Gasteiger charge is -2.17. The monoisotopic (exact) mass is 415 g/mol. The number of carbonyl (C=O) groups is 2. The maximum absolute atomic E-state index is 13.7. The van der Waals surface area contributed by atoms with Gasteiger partial charge in [-0.3, -0.25) is 14.6 Å². The maximum Gasteiger partial charge on any atom is 0.431 e. The Balaban J connectivity index is 1.92. The number of hydrogen-bond donors (Lipinski definition) is 2. The Morgan fingerprint density at radius 2 is 1.97 bits per heavy atom. The van der Waals surface area contributed by atoms with Gasteiger partial charge in [-0.25, -0.2) is 4.98 Å². The second-order valence-electron chi connectivity index (χ2n) is 6.32. The van der Waals surface area contributed by atoms with Gasteiger partial charge in [0.2, 0.25) is 5.78 Å². The topological polar surface area (TPSA) is 105 Å². The second kappa shape index (κ2) is 7.23. The number of ketones is 1. The van der Waals surface area contributed by atoms with E-state index in [0.29, 0.717) is 5.56 Å². The van der Waals surface area contributed by atoms with Crippen LogP contribution >= 0.6 is 0 Å². The number of nitrogens with zero attached hydrogens (tertiary/aromatic N) is 2. The average molecular weight is 415 g/mol. The number of nitrogens with one attached hydrogen (secondary N) is 1. The third-order valence-corrected chi connectivity index (χ3v) is 4.44. The molecule has 0 spiro atoms. The Morgan fingerprint density at radius 1 is 1.17 bits per heavy atom. The number of furan rings is 1. The number of amides is 1. The molecule has 152 valence electrons. The van der Waals surface area contributed by atoms with Gasteiger partial charge >= 0.3 is 6.18 Å². The smallest absolute Gasteiger partial charge is 0.431 e. The van der Waals surface area contributed by atoms with Crippen molar-refractivity contribution in [1.82, 2.24) is 15.3 Å². The fraction of sp³-hybridized carbons (Fsp3) is 0.100. The number of aliphatic hydroxyl groups is 1. The van der Waals surface area contributed by atoms with E-state index in [4.69, 9.17) is 4.42 Å². The second-order valence-corrected chi connectivity index (χ2v) is 6.32. The van der Waals surface area contributed by atoms with Crippen molar-refractivity contribution < 1.29 is 32.3 Å². The molecule has 0 saturated carbocycles. The van der Waals surface area contributed by atoms with Crippen molar-refractivity contribution in [2.75, 3.05) is 0 Å². The van der Waals surface area contributed by atoms with Gasteiger partial charge in [0.1, 0.15) is 11.8 Å². The van der Waals surface area contributed by atoms with Crippen LogP contribution in [0.4, 0.5) is 13.2 Å². The van der Waals surface area contributed by atoms with E-state index in [-0.39, 0.29) is 17.0 Å². The van der Waals surface area contributed by atoms with Crippen molar-refractivity contribution in [2.24, 2.45) is 0 Å². The highest BCUT2D eigenvalue weighted by Crippen LogP contribution is 2.38. The van der Waals surface area contributed by atoms with E-state index in [1.807, 2.05) is 0 Å². The van der Waals surface area contributed by atoms with Crippen molar-refractivity contribution in [1.29, 1.82) is 0 Å². The number of hydrogen-bond acceptors (Lipinski definition) is 6. The van der Waals surface area contributed by atoms with Crippen LogP contribution in [0.25, 0.3) is 11.3 Å². The predicted octanol–water partition coefficient (Wildman–Crippen LogP) is 3.21. The lowest BCUT2D eigenvalue weighted by molar-refractivity contribution is -0.0973. The first-order valence-corrected chi connectivity index (χ1v) is 8.57. The summed E-state index contributed by atoms with van der Waals surface area (Å²) < 4.78 is 46.0. The van der Waals surface area contributed by atoms with Gasteiger partial charge in [-0.15, -0.1) is 0 Å². The van der Waals surface area contributed by atoms with Gasteiger partial charge in [-0.2, -0.15) is 13.2 Å². The summed E-state index contributed by atoms with van der Waals surface area (Å²) >= 11 is 0. The standard InChI is InChI=1S/C20H12F3N3O4/c21-20(22,23)18-14(16(27)13-4-2-8-30-13)17(28)15-11(19(29)26-18)5-6-12(25-15)10-3-1-7-24-9-10/h1-9,17,28H,(H,26,29). The van der Waals surface area contributed by atoms with Crippen LogP contribution < -0.4 is 5.32 Å². The first kappa shape index (κ1) is 19.5. The number of pyridine rings is 2. The molecule has 1 amide bonds. The van der Waals surface area contributed by atoms with E-state index in [9.17, 15) is 27.9 Å².